The van der Waals surface area contributed by atoms with Crippen LogP contribution in [0, 0.1) is 11.3 Å². The summed E-state index contributed by atoms with van der Waals surface area (Å²) in [5, 5.41) is 8.96. The van der Waals surface area contributed by atoms with Crippen LogP contribution < -0.4 is 9.80 Å². The second kappa shape index (κ2) is 7.37. The molecule has 2 aromatic rings. The molecular weight excluding hydrogens is 444 g/mol. The van der Waals surface area contributed by atoms with Gasteiger partial charge in [0.2, 0.25) is 0 Å². The Labute approximate surface area is 179 Å². The lowest BCUT2D eigenvalue weighted by Gasteiger charge is -2.33. The van der Waals surface area contributed by atoms with Gasteiger partial charge in [-0.2, -0.15) is 31.6 Å². The quantitative estimate of drug-likeness (QED) is 0.481. The van der Waals surface area contributed by atoms with Gasteiger partial charge in [0.15, 0.2) is 5.50 Å². The highest BCUT2D eigenvalue weighted by Gasteiger charge is 2.51. The van der Waals surface area contributed by atoms with E-state index in [1.165, 1.54) is 43.0 Å². The Morgan fingerprint density at radius 3 is 2.00 bits per heavy atom. The second-order valence-electron chi connectivity index (χ2n) is 7.33. The lowest BCUT2D eigenvalue weighted by molar-refractivity contribution is -0.138. The van der Waals surface area contributed by atoms with Crippen molar-refractivity contribution in [3.63, 3.8) is 0 Å². The third-order valence-electron chi connectivity index (χ3n) is 4.99. The van der Waals surface area contributed by atoms with Gasteiger partial charge in [-0.05, 0) is 56.3 Å². The Bertz CT molecular complexity index is 1060. The van der Waals surface area contributed by atoms with Gasteiger partial charge in [-0.15, -0.1) is 12.6 Å². The molecule has 1 saturated heterocycles. The van der Waals surface area contributed by atoms with Crippen molar-refractivity contribution in [3.8, 4) is 6.07 Å². The van der Waals surface area contributed by atoms with E-state index in [2.05, 4.69) is 12.6 Å². The lowest BCUT2D eigenvalue weighted by atomic mass is 10.0. The Hall–Kier alpha value is -2.87. The first-order valence-electron chi connectivity index (χ1n) is 8.79. The van der Waals surface area contributed by atoms with Crippen LogP contribution in [0.25, 0.3) is 0 Å². The molecule has 1 aliphatic heterocycles. The number of hydrogen-bond acceptors (Lipinski definition) is 4. The topological polar surface area (TPSA) is 47.3 Å². The number of benzene rings is 2. The zero-order chi connectivity index (χ0) is 23.4. The summed E-state index contributed by atoms with van der Waals surface area (Å²) in [7, 11) is 0. The van der Waals surface area contributed by atoms with Crippen LogP contribution in [0.5, 0.6) is 0 Å². The van der Waals surface area contributed by atoms with E-state index in [0.717, 1.165) is 23.1 Å². The van der Waals surface area contributed by atoms with Crippen LogP contribution in [0.1, 0.15) is 30.5 Å². The molecule has 11 heteroatoms. The summed E-state index contributed by atoms with van der Waals surface area (Å²) in [5.74, 6) is -0.606. The third kappa shape index (κ3) is 3.92. The van der Waals surface area contributed by atoms with Crippen LogP contribution in [0.3, 0.4) is 0 Å². The van der Waals surface area contributed by atoms with Gasteiger partial charge in [0.05, 0.1) is 22.8 Å². The summed E-state index contributed by atoms with van der Waals surface area (Å²) in [5.41, 5.74) is -5.01. The van der Waals surface area contributed by atoms with E-state index in [4.69, 9.17) is 5.26 Å². The summed E-state index contributed by atoms with van der Waals surface area (Å²) in [4.78, 5) is 15.5. The minimum atomic E-state index is -4.82. The molecule has 2 aromatic carbocycles. The lowest BCUT2D eigenvalue weighted by Crippen LogP contribution is -2.44. The highest BCUT2D eigenvalue weighted by atomic mass is 32.1. The highest BCUT2D eigenvalue weighted by molar-refractivity contribution is 7.81. The summed E-state index contributed by atoms with van der Waals surface area (Å²) in [6.07, 6.45) is -9.36. The van der Waals surface area contributed by atoms with Crippen molar-refractivity contribution >= 4 is 29.9 Å². The van der Waals surface area contributed by atoms with Crippen LogP contribution in [0.15, 0.2) is 42.5 Å². The van der Waals surface area contributed by atoms with Crippen molar-refractivity contribution in [1.82, 2.24) is 0 Å². The number of carbonyl (C=O) groups is 1. The molecule has 0 aliphatic carbocycles. The molecule has 1 unspecified atom stereocenters. The number of anilines is 2. The zero-order valence-electron chi connectivity index (χ0n) is 16.1. The largest absolute Gasteiger partial charge is 0.417 e. The molecule has 1 atom stereocenters. The van der Waals surface area contributed by atoms with Crippen molar-refractivity contribution in [1.29, 1.82) is 5.26 Å². The van der Waals surface area contributed by atoms with Crippen LogP contribution in [0.4, 0.5) is 37.7 Å². The summed E-state index contributed by atoms with van der Waals surface area (Å²) in [6.45, 7) is 2.98. The maximum atomic E-state index is 13.3. The average molecular weight is 459 g/mol. The number of halogens is 6. The molecule has 1 fully saturated rings. The number of hydrogen-bond donors (Lipinski definition) is 1. The standard InChI is InChI=1S/C20H15F6N3OS/c1-18(2)16(30)28(14-6-3-11(10-27)15(9-14)20(24,25)26)17(31)29(18)13-7-4-12(5-8-13)19(21,22)23/h3-9,17,31H,1-2H3. The fourth-order valence-corrected chi connectivity index (χ4v) is 4.10. The first kappa shape index (κ1) is 22.8. The fraction of sp³-hybridized carbons (Fsp3) is 0.300. The van der Waals surface area contributed by atoms with E-state index >= 15 is 0 Å². The summed E-state index contributed by atoms with van der Waals surface area (Å²) >= 11 is 4.38. The van der Waals surface area contributed by atoms with Crippen LogP contribution in [-0.2, 0) is 17.1 Å². The highest BCUT2D eigenvalue weighted by Crippen LogP contribution is 2.42. The maximum absolute atomic E-state index is 13.3. The van der Waals surface area contributed by atoms with Crippen molar-refractivity contribution in [3.05, 3.63) is 59.2 Å². The Kier molecular flexibility index (Phi) is 5.42. The Morgan fingerprint density at radius 2 is 1.52 bits per heavy atom. The van der Waals surface area contributed by atoms with Crippen LogP contribution >= 0.6 is 12.6 Å². The molecule has 1 heterocycles. The number of carbonyl (C=O) groups excluding carboxylic acids is 1. The number of rotatable bonds is 2. The zero-order valence-corrected chi connectivity index (χ0v) is 17.0. The fourth-order valence-electron chi connectivity index (χ4n) is 3.44. The molecular formula is C20H15F6N3OS. The minimum absolute atomic E-state index is 0.140. The van der Waals surface area contributed by atoms with Gasteiger partial charge in [0, 0.05) is 11.4 Å². The number of alkyl halides is 6. The average Bonchev–Trinajstić information content (AvgIpc) is 2.84. The summed E-state index contributed by atoms with van der Waals surface area (Å²) < 4.78 is 78.6. The van der Waals surface area contributed by atoms with E-state index in [1.807, 2.05) is 0 Å². The van der Waals surface area contributed by atoms with E-state index in [0.29, 0.717) is 6.07 Å². The Balaban J connectivity index is 2.06. The van der Waals surface area contributed by atoms with Crippen LogP contribution in [0.2, 0.25) is 0 Å². The maximum Gasteiger partial charge on any atom is 0.417 e. The normalized spacial score (nSPS) is 19.0. The third-order valence-corrected chi connectivity index (χ3v) is 5.45. The van der Waals surface area contributed by atoms with Crippen molar-refractivity contribution in [2.75, 3.05) is 9.80 Å². The van der Waals surface area contributed by atoms with Gasteiger partial charge in [0.1, 0.15) is 5.54 Å². The molecule has 0 radical (unpaired) electrons. The van der Waals surface area contributed by atoms with E-state index in [-0.39, 0.29) is 11.4 Å². The molecule has 31 heavy (non-hydrogen) atoms. The van der Waals surface area contributed by atoms with Gasteiger partial charge in [-0.25, -0.2) is 0 Å². The van der Waals surface area contributed by atoms with Crippen molar-refractivity contribution in [2.24, 2.45) is 0 Å². The van der Waals surface area contributed by atoms with Gasteiger partial charge in [-0.3, -0.25) is 9.69 Å². The number of nitrogens with zero attached hydrogens (tertiary/aromatic N) is 3. The number of amides is 1. The second-order valence-corrected chi connectivity index (χ2v) is 7.80. The molecule has 3 rings (SSSR count). The summed E-state index contributed by atoms with van der Waals surface area (Å²) in [6, 6.07) is 8.35. The van der Waals surface area contributed by atoms with Crippen molar-refractivity contribution < 1.29 is 31.1 Å². The van der Waals surface area contributed by atoms with Gasteiger partial charge in [-0.1, -0.05) is 0 Å². The molecule has 1 amide bonds. The molecule has 0 spiro atoms. The smallest absolute Gasteiger partial charge is 0.328 e. The molecule has 1 aliphatic rings. The monoisotopic (exact) mass is 459 g/mol. The van der Waals surface area contributed by atoms with E-state index < -0.39 is 46.0 Å². The molecule has 164 valence electrons. The molecule has 0 N–H and O–H groups in total. The molecule has 4 nitrogen and oxygen atoms in total. The predicted molar refractivity (Wildman–Crippen MR) is 104 cm³/mol. The van der Waals surface area contributed by atoms with E-state index in [1.54, 1.807) is 0 Å². The van der Waals surface area contributed by atoms with Gasteiger partial charge < -0.3 is 4.90 Å². The van der Waals surface area contributed by atoms with Gasteiger partial charge >= 0.3 is 12.4 Å². The van der Waals surface area contributed by atoms with Crippen LogP contribution in [-0.4, -0.2) is 16.9 Å². The first-order valence-corrected chi connectivity index (χ1v) is 9.31. The predicted octanol–water partition coefficient (Wildman–Crippen LogP) is 5.44. The molecule has 0 saturated carbocycles. The number of nitriles is 1. The Morgan fingerprint density at radius 1 is 0.968 bits per heavy atom. The van der Waals surface area contributed by atoms with E-state index in [9.17, 15) is 31.1 Å². The molecule has 0 aromatic heterocycles. The van der Waals surface area contributed by atoms with Gasteiger partial charge in [0.25, 0.3) is 5.91 Å². The SMILES string of the molecule is CC1(C)C(=O)N(c2ccc(C#N)c(C(F)(F)F)c2)C(S)N1c1ccc(C(F)(F)F)cc1. The van der Waals surface area contributed by atoms with Crippen molar-refractivity contribution in [2.45, 2.75) is 37.2 Å². The minimum Gasteiger partial charge on any atom is -0.328 e. The molecule has 0 bridgehead atoms. The number of thiol groups is 1. The first-order chi connectivity index (χ1) is 14.2.